The molecule has 1 aliphatic rings. The Hall–Kier alpha value is -1.06. The highest BCUT2D eigenvalue weighted by Crippen LogP contribution is 2.15. The maximum Gasteiger partial charge on any atom is 0.224 e. The standard InChI is InChI=1S/C8H14N2O2/c1-6(11)10-4-3-7(5-10)8(12)9-2/h7H,3-5H2,1-2H3,(H,9,12). The highest BCUT2D eigenvalue weighted by atomic mass is 16.2. The summed E-state index contributed by atoms with van der Waals surface area (Å²) in [6, 6.07) is 0. The Kier molecular flexibility index (Phi) is 2.68. The minimum Gasteiger partial charge on any atom is -0.359 e. The van der Waals surface area contributed by atoms with Gasteiger partial charge >= 0.3 is 0 Å². The molecule has 1 fully saturated rings. The van der Waals surface area contributed by atoms with Crippen LogP contribution in [0.15, 0.2) is 0 Å². The van der Waals surface area contributed by atoms with Crippen LogP contribution in [0.4, 0.5) is 0 Å². The number of hydrogen-bond donors (Lipinski definition) is 1. The van der Waals surface area contributed by atoms with Gasteiger partial charge in [0.15, 0.2) is 0 Å². The molecule has 0 aromatic heterocycles. The van der Waals surface area contributed by atoms with E-state index in [1.165, 1.54) is 6.92 Å². The fraction of sp³-hybridized carbons (Fsp3) is 0.750. The fourth-order valence-electron chi connectivity index (χ4n) is 1.46. The summed E-state index contributed by atoms with van der Waals surface area (Å²) in [7, 11) is 1.62. The zero-order valence-corrected chi connectivity index (χ0v) is 7.46. The van der Waals surface area contributed by atoms with Crippen molar-refractivity contribution in [3.63, 3.8) is 0 Å². The van der Waals surface area contributed by atoms with Gasteiger partial charge in [0.2, 0.25) is 11.8 Å². The van der Waals surface area contributed by atoms with Gasteiger partial charge in [0.25, 0.3) is 0 Å². The third kappa shape index (κ3) is 1.75. The normalized spacial score (nSPS) is 22.5. The molecular formula is C8H14N2O2. The van der Waals surface area contributed by atoms with Crippen molar-refractivity contribution in [3.05, 3.63) is 0 Å². The van der Waals surface area contributed by atoms with Crippen molar-refractivity contribution in [2.24, 2.45) is 5.92 Å². The lowest BCUT2D eigenvalue weighted by atomic mass is 10.1. The molecule has 0 aromatic rings. The number of hydrogen-bond acceptors (Lipinski definition) is 2. The summed E-state index contributed by atoms with van der Waals surface area (Å²) in [6.07, 6.45) is 0.791. The third-order valence-electron chi connectivity index (χ3n) is 2.25. The van der Waals surface area contributed by atoms with Crippen LogP contribution in [-0.2, 0) is 9.59 Å². The van der Waals surface area contributed by atoms with Crippen molar-refractivity contribution in [2.45, 2.75) is 13.3 Å². The van der Waals surface area contributed by atoms with Crippen molar-refractivity contribution in [2.75, 3.05) is 20.1 Å². The maximum atomic E-state index is 11.1. The lowest BCUT2D eigenvalue weighted by molar-refractivity contribution is -0.128. The first-order valence-corrected chi connectivity index (χ1v) is 4.12. The van der Waals surface area contributed by atoms with E-state index in [1.54, 1.807) is 11.9 Å². The molecule has 1 atom stereocenters. The fourth-order valence-corrected chi connectivity index (χ4v) is 1.46. The Balaban J connectivity index is 2.45. The Morgan fingerprint density at radius 2 is 2.17 bits per heavy atom. The van der Waals surface area contributed by atoms with E-state index in [-0.39, 0.29) is 17.7 Å². The summed E-state index contributed by atoms with van der Waals surface area (Å²) in [5, 5.41) is 2.59. The van der Waals surface area contributed by atoms with Crippen LogP contribution in [0.2, 0.25) is 0 Å². The number of nitrogens with zero attached hydrogens (tertiary/aromatic N) is 1. The number of rotatable bonds is 1. The molecule has 1 rings (SSSR count). The largest absolute Gasteiger partial charge is 0.359 e. The topological polar surface area (TPSA) is 49.4 Å². The molecule has 0 spiro atoms. The monoisotopic (exact) mass is 170 g/mol. The van der Waals surface area contributed by atoms with Gasteiger partial charge in [-0.15, -0.1) is 0 Å². The van der Waals surface area contributed by atoms with Gasteiger partial charge in [0.1, 0.15) is 0 Å². The number of carbonyl (C=O) groups excluding carboxylic acids is 2. The second-order valence-corrected chi connectivity index (χ2v) is 3.06. The van der Waals surface area contributed by atoms with E-state index >= 15 is 0 Å². The average Bonchev–Trinajstić information content (AvgIpc) is 2.51. The van der Waals surface area contributed by atoms with E-state index in [4.69, 9.17) is 0 Å². The molecule has 0 aliphatic carbocycles. The summed E-state index contributed by atoms with van der Waals surface area (Å²) in [5.41, 5.74) is 0. The molecule has 1 heterocycles. The molecule has 0 bridgehead atoms. The van der Waals surface area contributed by atoms with Crippen molar-refractivity contribution in [1.82, 2.24) is 10.2 Å². The van der Waals surface area contributed by atoms with Crippen LogP contribution in [0.5, 0.6) is 0 Å². The Labute approximate surface area is 71.9 Å². The minimum atomic E-state index is -0.00102. The zero-order valence-electron chi connectivity index (χ0n) is 7.46. The summed E-state index contributed by atoms with van der Waals surface area (Å²) in [4.78, 5) is 23.7. The molecule has 1 aliphatic heterocycles. The molecule has 12 heavy (non-hydrogen) atoms. The highest BCUT2D eigenvalue weighted by molar-refractivity contribution is 5.81. The van der Waals surface area contributed by atoms with Gasteiger partial charge in [0.05, 0.1) is 5.92 Å². The zero-order chi connectivity index (χ0) is 9.14. The van der Waals surface area contributed by atoms with Crippen molar-refractivity contribution < 1.29 is 9.59 Å². The first-order valence-electron chi connectivity index (χ1n) is 4.12. The SMILES string of the molecule is CNC(=O)C1CCN(C(C)=O)C1. The van der Waals surface area contributed by atoms with Crippen molar-refractivity contribution >= 4 is 11.8 Å². The van der Waals surface area contributed by atoms with Gasteiger partial charge in [-0.2, -0.15) is 0 Å². The third-order valence-corrected chi connectivity index (χ3v) is 2.25. The van der Waals surface area contributed by atoms with Crippen LogP contribution in [0.1, 0.15) is 13.3 Å². The van der Waals surface area contributed by atoms with Gasteiger partial charge < -0.3 is 10.2 Å². The average molecular weight is 170 g/mol. The number of nitrogens with one attached hydrogen (secondary N) is 1. The van der Waals surface area contributed by atoms with Gasteiger partial charge in [-0.3, -0.25) is 9.59 Å². The van der Waals surface area contributed by atoms with Gasteiger partial charge in [-0.25, -0.2) is 0 Å². The predicted molar refractivity (Wildman–Crippen MR) is 44.4 cm³/mol. The molecule has 0 aromatic carbocycles. The molecule has 68 valence electrons. The van der Waals surface area contributed by atoms with E-state index < -0.39 is 0 Å². The maximum absolute atomic E-state index is 11.1. The quantitative estimate of drug-likeness (QED) is 0.582. The lowest BCUT2D eigenvalue weighted by Gasteiger charge is -2.12. The number of carbonyl (C=O) groups is 2. The van der Waals surface area contributed by atoms with E-state index in [0.29, 0.717) is 13.1 Å². The Morgan fingerprint density at radius 3 is 2.58 bits per heavy atom. The number of likely N-dealkylation sites (tertiary alicyclic amines) is 1. The van der Waals surface area contributed by atoms with Gasteiger partial charge in [0, 0.05) is 27.1 Å². The molecule has 4 nitrogen and oxygen atoms in total. The van der Waals surface area contributed by atoms with Crippen LogP contribution >= 0.6 is 0 Å². The number of amides is 2. The summed E-state index contributed by atoms with van der Waals surface area (Å²) < 4.78 is 0. The van der Waals surface area contributed by atoms with Crippen LogP contribution in [-0.4, -0.2) is 36.9 Å². The molecule has 2 amide bonds. The van der Waals surface area contributed by atoms with E-state index in [2.05, 4.69) is 5.32 Å². The first kappa shape index (κ1) is 9.03. The van der Waals surface area contributed by atoms with Crippen molar-refractivity contribution in [1.29, 1.82) is 0 Å². The minimum absolute atomic E-state index is 0.00102. The Morgan fingerprint density at radius 1 is 1.50 bits per heavy atom. The highest BCUT2D eigenvalue weighted by Gasteiger charge is 2.28. The summed E-state index contributed by atoms with van der Waals surface area (Å²) in [5.74, 6) is 0.0963. The lowest BCUT2D eigenvalue weighted by Crippen LogP contribution is -2.31. The van der Waals surface area contributed by atoms with Crippen molar-refractivity contribution in [3.8, 4) is 0 Å². The van der Waals surface area contributed by atoms with Crippen LogP contribution in [0.3, 0.4) is 0 Å². The molecule has 0 radical (unpaired) electrons. The van der Waals surface area contributed by atoms with E-state index in [0.717, 1.165) is 6.42 Å². The summed E-state index contributed by atoms with van der Waals surface area (Å²) in [6.45, 7) is 2.83. The van der Waals surface area contributed by atoms with E-state index in [9.17, 15) is 9.59 Å². The molecule has 1 unspecified atom stereocenters. The molecular weight excluding hydrogens is 156 g/mol. The molecule has 1 N–H and O–H groups in total. The second kappa shape index (κ2) is 3.56. The smallest absolute Gasteiger partial charge is 0.224 e. The molecule has 0 saturated carbocycles. The molecule has 1 saturated heterocycles. The second-order valence-electron chi connectivity index (χ2n) is 3.06. The van der Waals surface area contributed by atoms with Gasteiger partial charge in [-0.1, -0.05) is 0 Å². The Bertz CT molecular complexity index is 203. The summed E-state index contributed by atoms with van der Waals surface area (Å²) >= 11 is 0. The van der Waals surface area contributed by atoms with Gasteiger partial charge in [-0.05, 0) is 6.42 Å². The van der Waals surface area contributed by atoms with E-state index in [1.807, 2.05) is 0 Å². The van der Waals surface area contributed by atoms with Crippen LogP contribution in [0.25, 0.3) is 0 Å². The van der Waals surface area contributed by atoms with Crippen LogP contribution in [0, 0.1) is 5.92 Å². The van der Waals surface area contributed by atoms with Crippen LogP contribution < -0.4 is 5.32 Å². The first-order chi connectivity index (χ1) is 5.65. The molecule has 4 heteroatoms. The predicted octanol–water partition coefficient (Wildman–Crippen LogP) is -0.399.